The monoisotopic (exact) mass is 278 g/mol. The summed E-state index contributed by atoms with van der Waals surface area (Å²) in [6.45, 7) is 0. The Labute approximate surface area is 122 Å². The minimum atomic E-state index is -0.849. The lowest BCUT2D eigenvalue weighted by molar-refractivity contribution is -0.136. The third-order valence-corrected chi connectivity index (χ3v) is 3.24. The Morgan fingerprint density at radius 2 is 1.71 bits per heavy atom. The maximum Gasteiger partial charge on any atom is 0.307 e. The molecule has 0 aliphatic rings. The van der Waals surface area contributed by atoms with Gasteiger partial charge in [-0.1, -0.05) is 48.5 Å². The molecular weight excluding hydrogens is 264 g/mol. The molecule has 0 radical (unpaired) electrons. The van der Waals surface area contributed by atoms with Crippen molar-refractivity contribution in [3.05, 3.63) is 72.4 Å². The third-order valence-electron chi connectivity index (χ3n) is 3.24. The lowest BCUT2D eigenvalue weighted by Gasteiger charge is -2.07. The van der Waals surface area contributed by atoms with Crippen LogP contribution in [0.5, 0.6) is 0 Å². The first-order valence-corrected chi connectivity index (χ1v) is 6.65. The van der Waals surface area contributed by atoms with E-state index in [0.29, 0.717) is 0 Å². The van der Waals surface area contributed by atoms with E-state index in [-0.39, 0.29) is 6.42 Å². The molecule has 4 nitrogen and oxygen atoms in total. The van der Waals surface area contributed by atoms with Gasteiger partial charge < -0.3 is 5.11 Å². The van der Waals surface area contributed by atoms with Gasteiger partial charge in [0.1, 0.15) is 0 Å². The Morgan fingerprint density at radius 1 is 1.00 bits per heavy atom. The first-order chi connectivity index (χ1) is 10.2. The molecule has 0 aliphatic carbocycles. The van der Waals surface area contributed by atoms with E-state index in [9.17, 15) is 4.79 Å². The third kappa shape index (κ3) is 2.84. The van der Waals surface area contributed by atoms with Crippen LogP contribution in [0, 0.1) is 0 Å². The van der Waals surface area contributed by atoms with E-state index in [1.807, 2.05) is 66.9 Å². The number of aliphatic carboxylic acids is 1. The number of nitrogens with zero attached hydrogens (tertiary/aromatic N) is 2. The highest BCUT2D eigenvalue weighted by Crippen LogP contribution is 2.20. The van der Waals surface area contributed by atoms with Gasteiger partial charge in [0.25, 0.3) is 0 Å². The van der Waals surface area contributed by atoms with Gasteiger partial charge in [-0.3, -0.25) is 4.79 Å². The maximum atomic E-state index is 10.9. The Morgan fingerprint density at radius 3 is 2.48 bits per heavy atom. The Hall–Kier alpha value is -2.88. The number of carbonyl (C=O) groups is 1. The van der Waals surface area contributed by atoms with Gasteiger partial charge in [0.15, 0.2) is 0 Å². The zero-order valence-electron chi connectivity index (χ0n) is 11.3. The first kappa shape index (κ1) is 13.1. The van der Waals surface area contributed by atoms with Crippen molar-refractivity contribution in [2.24, 2.45) is 0 Å². The molecule has 0 amide bonds. The number of aromatic nitrogens is 2. The molecule has 1 heterocycles. The van der Waals surface area contributed by atoms with Crippen LogP contribution in [0.1, 0.15) is 5.56 Å². The van der Waals surface area contributed by atoms with Gasteiger partial charge in [-0.05, 0) is 17.7 Å². The van der Waals surface area contributed by atoms with Gasteiger partial charge in [0.2, 0.25) is 0 Å². The quantitative estimate of drug-likeness (QED) is 0.797. The summed E-state index contributed by atoms with van der Waals surface area (Å²) in [6, 6.07) is 19.2. The topological polar surface area (TPSA) is 55.1 Å². The van der Waals surface area contributed by atoms with Crippen molar-refractivity contribution in [1.82, 2.24) is 9.78 Å². The molecule has 0 aliphatic heterocycles. The second-order valence-electron chi connectivity index (χ2n) is 4.71. The SMILES string of the molecule is O=C(O)Cc1ccccc1-n1ccc(-c2ccccc2)n1. The van der Waals surface area contributed by atoms with Gasteiger partial charge in [0.05, 0.1) is 17.8 Å². The molecule has 3 aromatic rings. The standard InChI is InChI=1S/C17H14N2O2/c20-17(21)12-14-8-4-5-9-16(14)19-11-10-15(18-19)13-6-2-1-3-7-13/h1-11H,12H2,(H,20,21). The molecule has 0 atom stereocenters. The van der Waals surface area contributed by atoms with Gasteiger partial charge in [-0.15, -0.1) is 0 Å². The van der Waals surface area contributed by atoms with Crippen molar-refractivity contribution < 1.29 is 9.90 Å². The van der Waals surface area contributed by atoms with Crippen LogP contribution in [0.2, 0.25) is 0 Å². The molecule has 0 bridgehead atoms. The molecule has 0 unspecified atom stereocenters. The number of rotatable bonds is 4. The molecule has 0 saturated carbocycles. The number of hydrogen-bond acceptors (Lipinski definition) is 2. The molecule has 4 heteroatoms. The minimum Gasteiger partial charge on any atom is -0.481 e. The fourth-order valence-corrected chi connectivity index (χ4v) is 2.27. The molecule has 0 spiro atoms. The Kier molecular flexibility index (Phi) is 3.51. The molecule has 104 valence electrons. The number of para-hydroxylation sites is 1. The Bertz CT molecular complexity index is 763. The summed E-state index contributed by atoms with van der Waals surface area (Å²) in [6.07, 6.45) is 1.83. The van der Waals surface area contributed by atoms with Gasteiger partial charge in [-0.25, -0.2) is 4.68 Å². The van der Waals surface area contributed by atoms with Gasteiger partial charge in [0, 0.05) is 11.8 Å². The summed E-state index contributed by atoms with van der Waals surface area (Å²) in [5.74, 6) is -0.849. The highest BCUT2D eigenvalue weighted by molar-refractivity contribution is 5.72. The summed E-state index contributed by atoms with van der Waals surface area (Å²) < 4.78 is 1.72. The number of carboxylic acid groups (broad SMARTS) is 1. The average Bonchev–Trinajstić information content (AvgIpc) is 2.98. The molecule has 3 rings (SSSR count). The fourth-order valence-electron chi connectivity index (χ4n) is 2.27. The van der Waals surface area contributed by atoms with Crippen LogP contribution < -0.4 is 0 Å². The van der Waals surface area contributed by atoms with E-state index < -0.39 is 5.97 Å². The Balaban J connectivity index is 1.99. The second-order valence-corrected chi connectivity index (χ2v) is 4.71. The molecule has 1 aromatic heterocycles. The van der Waals surface area contributed by atoms with Crippen molar-refractivity contribution in [3.63, 3.8) is 0 Å². The zero-order chi connectivity index (χ0) is 14.7. The predicted octanol–water partition coefficient (Wildman–Crippen LogP) is 3.17. The van der Waals surface area contributed by atoms with Crippen molar-refractivity contribution in [2.75, 3.05) is 0 Å². The van der Waals surface area contributed by atoms with E-state index in [1.165, 1.54) is 0 Å². The molecule has 2 aromatic carbocycles. The highest BCUT2D eigenvalue weighted by Gasteiger charge is 2.09. The van der Waals surface area contributed by atoms with Crippen LogP contribution in [-0.4, -0.2) is 20.9 Å². The van der Waals surface area contributed by atoms with E-state index in [2.05, 4.69) is 5.10 Å². The smallest absolute Gasteiger partial charge is 0.307 e. The lowest BCUT2D eigenvalue weighted by Crippen LogP contribution is -2.06. The summed E-state index contributed by atoms with van der Waals surface area (Å²) in [5.41, 5.74) is 3.43. The fraction of sp³-hybridized carbons (Fsp3) is 0.0588. The number of benzene rings is 2. The summed E-state index contributed by atoms with van der Waals surface area (Å²) in [4.78, 5) is 10.9. The summed E-state index contributed by atoms with van der Waals surface area (Å²) >= 11 is 0. The predicted molar refractivity (Wildman–Crippen MR) is 80.3 cm³/mol. The number of hydrogen-bond donors (Lipinski definition) is 1. The molecule has 21 heavy (non-hydrogen) atoms. The van der Waals surface area contributed by atoms with Crippen molar-refractivity contribution in [3.8, 4) is 16.9 Å². The lowest BCUT2D eigenvalue weighted by atomic mass is 10.1. The largest absolute Gasteiger partial charge is 0.481 e. The van der Waals surface area contributed by atoms with Crippen LogP contribution >= 0.6 is 0 Å². The van der Waals surface area contributed by atoms with E-state index in [4.69, 9.17) is 5.11 Å². The highest BCUT2D eigenvalue weighted by atomic mass is 16.4. The number of carboxylic acids is 1. The van der Waals surface area contributed by atoms with Crippen molar-refractivity contribution in [1.29, 1.82) is 0 Å². The van der Waals surface area contributed by atoms with Gasteiger partial charge in [-0.2, -0.15) is 5.10 Å². The normalized spacial score (nSPS) is 10.5. The molecular formula is C17H14N2O2. The molecule has 0 saturated heterocycles. The summed E-state index contributed by atoms with van der Waals surface area (Å²) in [7, 11) is 0. The van der Waals surface area contributed by atoms with E-state index in [0.717, 1.165) is 22.5 Å². The van der Waals surface area contributed by atoms with Crippen LogP contribution in [-0.2, 0) is 11.2 Å². The molecule has 0 fully saturated rings. The summed E-state index contributed by atoms with van der Waals surface area (Å²) in [5, 5.41) is 13.5. The van der Waals surface area contributed by atoms with E-state index >= 15 is 0 Å². The van der Waals surface area contributed by atoms with Crippen LogP contribution in [0.25, 0.3) is 16.9 Å². The van der Waals surface area contributed by atoms with Gasteiger partial charge >= 0.3 is 5.97 Å². The van der Waals surface area contributed by atoms with Crippen LogP contribution in [0.4, 0.5) is 0 Å². The van der Waals surface area contributed by atoms with Crippen LogP contribution in [0.3, 0.4) is 0 Å². The minimum absolute atomic E-state index is 0.0172. The van der Waals surface area contributed by atoms with Crippen molar-refractivity contribution >= 4 is 5.97 Å². The maximum absolute atomic E-state index is 10.9. The average molecular weight is 278 g/mol. The molecule has 1 N–H and O–H groups in total. The van der Waals surface area contributed by atoms with E-state index in [1.54, 1.807) is 4.68 Å². The first-order valence-electron chi connectivity index (χ1n) is 6.65. The van der Waals surface area contributed by atoms with Crippen LogP contribution in [0.15, 0.2) is 66.9 Å². The van der Waals surface area contributed by atoms with Crippen molar-refractivity contribution in [2.45, 2.75) is 6.42 Å². The second kappa shape index (κ2) is 5.63. The zero-order valence-corrected chi connectivity index (χ0v) is 11.3.